The van der Waals surface area contributed by atoms with E-state index in [0.717, 1.165) is 11.1 Å². The molecule has 1 rings (SSSR count). The molecule has 8 heteroatoms. The molecular formula is C11H18F3N5. The molecule has 0 saturated carbocycles. The molecule has 0 aliphatic rings. The van der Waals surface area contributed by atoms with Gasteiger partial charge in [-0.15, -0.1) is 0 Å². The van der Waals surface area contributed by atoms with Gasteiger partial charge in [-0.05, 0) is 6.42 Å². The number of aliphatic imine (C=N–C) groups is 1. The molecule has 0 bridgehead atoms. The lowest BCUT2D eigenvalue weighted by Crippen LogP contribution is -2.37. The summed E-state index contributed by atoms with van der Waals surface area (Å²) in [4.78, 5) is 3.93. The molecule has 2 N–H and O–H groups in total. The van der Waals surface area contributed by atoms with Crippen molar-refractivity contribution in [3.05, 3.63) is 17.5 Å². The number of hydrogen-bond donors (Lipinski definition) is 2. The van der Waals surface area contributed by atoms with Crippen molar-refractivity contribution in [3.8, 4) is 0 Å². The van der Waals surface area contributed by atoms with Crippen molar-refractivity contribution >= 4 is 5.96 Å². The fourth-order valence-electron chi connectivity index (χ4n) is 1.55. The summed E-state index contributed by atoms with van der Waals surface area (Å²) in [5.74, 6) is 0.471. The summed E-state index contributed by atoms with van der Waals surface area (Å²) in [7, 11) is 3.03. The summed E-state index contributed by atoms with van der Waals surface area (Å²) in [6, 6.07) is 0. The third-order valence-corrected chi connectivity index (χ3v) is 2.39. The van der Waals surface area contributed by atoms with Crippen LogP contribution in [0.1, 0.15) is 24.6 Å². The highest BCUT2D eigenvalue weighted by Crippen LogP contribution is 2.30. The summed E-state index contributed by atoms with van der Waals surface area (Å²) in [5, 5.41) is 9.26. The number of hydrogen-bond acceptors (Lipinski definition) is 2. The Morgan fingerprint density at radius 3 is 2.63 bits per heavy atom. The van der Waals surface area contributed by atoms with Gasteiger partial charge in [0.15, 0.2) is 11.7 Å². The first kappa shape index (κ1) is 15.3. The van der Waals surface area contributed by atoms with Crippen LogP contribution in [0.4, 0.5) is 13.2 Å². The number of rotatable bonds is 4. The number of nitrogens with one attached hydrogen (secondary N) is 2. The molecule has 0 unspecified atom stereocenters. The Hall–Kier alpha value is -1.73. The molecule has 1 aromatic rings. The minimum absolute atomic E-state index is 0.0199. The van der Waals surface area contributed by atoms with Crippen LogP contribution in [-0.4, -0.2) is 29.3 Å². The fourth-order valence-corrected chi connectivity index (χ4v) is 1.55. The second-order valence-electron chi connectivity index (χ2n) is 4.03. The van der Waals surface area contributed by atoms with Crippen LogP contribution in [0.25, 0.3) is 0 Å². The molecule has 1 aromatic heterocycles. The average Bonchev–Trinajstić information content (AvgIpc) is 2.71. The molecule has 0 aromatic carbocycles. The van der Waals surface area contributed by atoms with Gasteiger partial charge in [0.05, 0.1) is 0 Å². The molecule has 0 fully saturated rings. The van der Waals surface area contributed by atoms with Crippen molar-refractivity contribution in [2.75, 3.05) is 13.6 Å². The Morgan fingerprint density at radius 1 is 1.42 bits per heavy atom. The molecule has 0 aliphatic carbocycles. The van der Waals surface area contributed by atoms with Crippen molar-refractivity contribution in [3.63, 3.8) is 0 Å². The zero-order valence-electron chi connectivity index (χ0n) is 11.2. The molecule has 5 nitrogen and oxygen atoms in total. The van der Waals surface area contributed by atoms with E-state index >= 15 is 0 Å². The standard InChI is InChI=1S/C11H18F3N5/c1-4-5-16-10(15-2)17-6-8-7-19(3)18-9(8)11(12,13)14/h7H,4-6H2,1-3H3,(H2,15,16,17). The maximum Gasteiger partial charge on any atom is 0.435 e. The number of alkyl halides is 3. The molecule has 108 valence electrons. The van der Waals surface area contributed by atoms with Crippen molar-refractivity contribution in [2.24, 2.45) is 12.0 Å². The third-order valence-electron chi connectivity index (χ3n) is 2.39. The second-order valence-corrected chi connectivity index (χ2v) is 4.03. The molecule has 0 radical (unpaired) electrons. The number of aryl methyl sites for hydroxylation is 1. The molecule has 0 atom stereocenters. The number of halogens is 3. The van der Waals surface area contributed by atoms with Gasteiger partial charge in [0.2, 0.25) is 0 Å². The number of aromatic nitrogens is 2. The predicted octanol–water partition coefficient (Wildman–Crippen LogP) is 1.51. The second kappa shape index (κ2) is 6.44. The van der Waals surface area contributed by atoms with E-state index in [9.17, 15) is 13.2 Å². The van der Waals surface area contributed by atoms with Crippen LogP contribution < -0.4 is 10.6 Å². The normalized spacial score (nSPS) is 12.6. The van der Waals surface area contributed by atoms with Gasteiger partial charge < -0.3 is 10.6 Å². The molecule has 0 saturated heterocycles. The number of guanidine groups is 1. The van der Waals surface area contributed by atoms with E-state index in [0.29, 0.717) is 12.5 Å². The van der Waals surface area contributed by atoms with E-state index in [4.69, 9.17) is 0 Å². The summed E-state index contributed by atoms with van der Waals surface area (Å²) in [5.41, 5.74) is -0.775. The summed E-state index contributed by atoms with van der Waals surface area (Å²) in [6.45, 7) is 2.72. The van der Waals surface area contributed by atoms with E-state index in [1.165, 1.54) is 13.2 Å². The van der Waals surface area contributed by atoms with E-state index < -0.39 is 11.9 Å². The van der Waals surface area contributed by atoms with E-state index in [2.05, 4.69) is 20.7 Å². The highest BCUT2D eigenvalue weighted by molar-refractivity contribution is 5.79. The van der Waals surface area contributed by atoms with Gasteiger partial charge in [0.25, 0.3) is 0 Å². The first-order chi connectivity index (χ1) is 8.88. The predicted molar refractivity (Wildman–Crippen MR) is 66.7 cm³/mol. The Morgan fingerprint density at radius 2 is 2.11 bits per heavy atom. The maximum absolute atomic E-state index is 12.7. The molecule has 1 heterocycles. The van der Waals surface area contributed by atoms with Crippen molar-refractivity contribution in [1.82, 2.24) is 20.4 Å². The molecule has 0 spiro atoms. The fraction of sp³-hybridized carbons (Fsp3) is 0.636. The third kappa shape index (κ3) is 4.46. The summed E-state index contributed by atoms with van der Waals surface area (Å²) in [6.07, 6.45) is -2.19. The van der Waals surface area contributed by atoms with Crippen molar-refractivity contribution < 1.29 is 13.2 Å². The average molecular weight is 277 g/mol. The van der Waals surface area contributed by atoms with Gasteiger partial charge in [0, 0.05) is 38.9 Å². The SMILES string of the molecule is CCCNC(=NC)NCc1cn(C)nc1C(F)(F)F. The Labute approximate surface area is 109 Å². The molecular weight excluding hydrogens is 259 g/mol. The lowest BCUT2D eigenvalue weighted by atomic mass is 10.2. The first-order valence-corrected chi connectivity index (χ1v) is 5.92. The zero-order valence-corrected chi connectivity index (χ0v) is 11.2. The van der Waals surface area contributed by atoms with Crippen LogP contribution in [0.15, 0.2) is 11.2 Å². The van der Waals surface area contributed by atoms with Gasteiger partial charge in [-0.25, -0.2) is 0 Å². The Bertz CT molecular complexity index is 436. The molecule has 0 amide bonds. The van der Waals surface area contributed by atoms with Gasteiger partial charge in [-0.3, -0.25) is 9.67 Å². The van der Waals surface area contributed by atoms with Crippen LogP contribution in [0.5, 0.6) is 0 Å². The Balaban J connectivity index is 2.72. The largest absolute Gasteiger partial charge is 0.435 e. The van der Waals surface area contributed by atoms with Crippen molar-refractivity contribution in [2.45, 2.75) is 26.1 Å². The summed E-state index contributed by atoms with van der Waals surface area (Å²) < 4.78 is 39.3. The van der Waals surface area contributed by atoms with Crippen LogP contribution in [0, 0.1) is 0 Å². The van der Waals surface area contributed by atoms with Crippen LogP contribution in [-0.2, 0) is 19.8 Å². The topological polar surface area (TPSA) is 54.2 Å². The van der Waals surface area contributed by atoms with E-state index in [-0.39, 0.29) is 12.1 Å². The lowest BCUT2D eigenvalue weighted by Gasteiger charge is -2.11. The highest BCUT2D eigenvalue weighted by Gasteiger charge is 2.36. The lowest BCUT2D eigenvalue weighted by molar-refractivity contribution is -0.142. The van der Waals surface area contributed by atoms with Gasteiger partial charge in [-0.1, -0.05) is 6.92 Å². The van der Waals surface area contributed by atoms with Gasteiger partial charge >= 0.3 is 6.18 Å². The number of nitrogens with zero attached hydrogens (tertiary/aromatic N) is 3. The minimum atomic E-state index is -4.45. The monoisotopic (exact) mass is 277 g/mol. The van der Waals surface area contributed by atoms with Crippen molar-refractivity contribution in [1.29, 1.82) is 0 Å². The quantitative estimate of drug-likeness (QED) is 0.648. The zero-order chi connectivity index (χ0) is 14.5. The van der Waals surface area contributed by atoms with Gasteiger partial charge in [0.1, 0.15) is 0 Å². The highest BCUT2D eigenvalue weighted by atomic mass is 19.4. The van der Waals surface area contributed by atoms with Gasteiger partial charge in [-0.2, -0.15) is 18.3 Å². The van der Waals surface area contributed by atoms with E-state index in [1.807, 2.05) is 6.92 Å². The Kier molecular flexibility index (Phi) is 5.20. The first-order valence-electron chi connectivity index (χ1n) is 5.92. The summed E-state index contributed by atoms with van der Waals surface area (Å²) >= 11 is 0. The molecule has 0 aliphatic heterocycles. The maximum atomic E-state index is 12.7. The van der Waals surface area contributed by atoms with Crippen LogP contribution in [0.3, 0.4) is 0 Å². The minimum Gasteiger partial charge on any atom is -0.356 e. The smallest absolute Gasteiger partial charge is 0.356 e. The van der Waals surface area contributed by atoms with Crippen LogP contribution >= 0.6 is 0 Å². The van der Waals surface area contributed by atoms with Crippen LogP contribution in [0.2, 0.25) is 0 Å². The molecule has 19 heavy (non-hydrogen) atoms. The van der Waals surface area contributed by atoms with E-state index in [1.54, 1.807) is 7.05 Å².